The van der Waals surface area contributed by atoms with Crippen LogP contribution in [0.1, 0.15) is 37.1 Å². The smallest absolute Gasteiger partial charge is 0.147 e. The second-order valence-corrected chi connectivity index (χ2v) is 6.31. The molecule has 0 spiro atoms. The fourth-order valence-electron chi connectivity index (χ4n) is 2.18. The van der Waals surface area contributed by atoms with Crippen LogP contribution in [0.2, 0.25) is 5.15 Å². The first-order chi connectivity index (χ1) is 10.0. The molecule has 0 atom stereocenters. The summed E-state index contributed by atoms with van der Waals surface area (Å²) in [6.07, 6.45) is 0.529. The third-order valence-electron chi connectivity index (χ3n) is 3.19. The van der Waals surface area contributed by atoms with Crippen molar-refractivity contribution in [1.29, 1.82) is 0 Å². The van der Waals surface area contributed by atoms with Crippen molar-refractivity contribution in [2.45, 2.75) is 26.2 Å². The molecule has 0 aliphatic rings. The summed E-state index contributed by atoms with van der Waals surface area (Å²) in [5, 5.41) is 0.444. The first-order valence-electron chi connectivity index (χ1n) is 6.70. The fourth-order valence-corrected chi connectivity index (χ4v) is 3.01. The molecular weight excluding hydrogens is 352 g/mol. The fraction of sp³-hybridized carbons (Fsp3) is 0.267. The molecule has 108 valence electrons. The molecule has 0 unspecified atom stereocenters. The highest BCUT2D eigenvalue weighted by atomic mass is 79.9. The number of hydrogen-bond donors (Lipinski definition) is 1. The molecule has 3 rings (SSSR count). The van der Waals surface area contributed by atoms with Crippen molar-refractivity contribution in [2.75, 3.05) is 0 Å². The molecule has 6 heteroatoms. The third-order valence-corrected chi connectivity index (χ3v) is 4.48. The van der Waals surface area contributed by atoms with Crippen LogP contribution in [0.25, 0.3) is 11.0 Å². The van der Waals surface area contributed by atoms with E-state index in [9.17, 15) is 0 Å². The number of aromatic nitrogens is 4. The van der Waals surface area contributed by atoms with Crippen LogP contribution in [0.5, 0.6) is 0 Å². The molecule has 2 heterocycles. The average molecular weight is 366 g/mol. The van der Waals surface area contributed by atoms with Crippen LogP contribution in [0.3, 0.4) is 0 Å². The Bertz CT molecular complexity index is 764. The van der Waals surface area contributed by atoms with E-state index in [2.05, 4.69) is 49.7 Å². The summed E-state index contributed by atoms with van der Waals surface area (Å²) < 4.78 is 0.771. The Hall–Kier alpha value is -1.46. The van der Waals surface area contributed by atoms with Crippen LogP contribution in [0.15, 0.2) is 28.7 Å². The Labute approximate surface area is 136 Å². The van der Waals surface area contributed by atoms with Gasteiger partial charge < -0.3 is 4.98 Å². The van der Waals surface area contributed by atoms with Gasteiger partial charge in [-0.1, -0.05) is 37.6 Å². The minimum absolute atomic E-state index is 0.272. The average Bonchev–Trinajstić information content (AvgIpc) is 2.84. The van der Waals surface area contributed by atoms with Crippen LogP contribution in [0.4, 0.5) is 0 Å². The molecule has 0 aliphatic heterocycles. The second-order valence-electron chi connectivity index (χ2n) is 5.16. The number of nitrogens with zero attached hydrogens (tertiary/aromatic N) is 3. The van der Waals surface area contributed by atoms with E-state index < -0.39 is 0 Å². The maximum absolute atomic E-state index is 6.18. The van der Waals surface area contributed by atoms with Crippen molar-refractivity contribution in [3.05, 3.63) is 51.2 Å². The van der Waals surface area contributed by atoms with Crippen molar-refractivity contribution in [1.82, 2.24) is 19.9 Å². The number of H-pyrrole nitrogens is 1. The maximum atomic E-state index is 6.18. The van der Waals surface area contributed by atoms with Gasteiger partial charge in [0, 0.05) is 0 Å². The number of halogens is 2. The quantitative estimate of drug-likeness (QED) is 0.696. The van der Waals surface area contributed by atoms with Crippen molar-refractivity contribution < 1.29 is 0 Å². The molecule has 0 saturated heterocycles. The molecule has 0 amide bonds. The molecule has 21 heavy (non-hydrogen) atoms. The molecule has 0 saturated carbocycles. The maximum Gasteiger partial charge on any atom is 0.147 e. The summed E-state index contributed by atoms with van der Waals surface area (Å²) in [6.45, 7) is 4.16. The third kappa shape index (κ3) is 2.94. The number of nitrogens with one attached hydrogen (secondary N) is 1. The highest BCUT2D eigenvalue weighted by Gasteiger charge is 2.15. The molecule has 1 aromatic carbocycles. The number of imidazole rings is 1. The van der Waals surface area contributed by atoms with Gasteiger partial charge in [-0.05, 0) is 34.0 Å². The van der Waals surface area contributed by atoms with E-state index in [0.717, 1.165) is 27.0 Å². The molecule has 0 radical (unpaired) electrons. The predicted octanol–water partition coefficient (Wildman–Crippen LogP) is 4.48. The van der Waals surface area contributed by atoms with Crippen LogP contribution in [0, 0.1) is 0 Å². The van der Waals surface area contributed by atoms with E-state index in [-0.39, 0.29) is 5.92 Å². The number of aromatic amines is 1. The molecule has 1 N–H and O–H groups in total. The molecule has 2 aromatic heterocycles. The normalized spacial score (nSPS) is 11.5. The molecular formula is C15H14BrClN4. The predicted molar refractivity (Wildman–Crippen MR) is 87.7 cm³/mol. The van der Waals surface area contributed by atoms with Gasteiger partial charge in [0.15, 0.2) is 0 Å². The van der Waals surface area contributed by atoms with Gasteiger partial charge in [0.2, 0.25) is 0 Å². The topological polar surface area (TPSA) is 54.5 Å². The molecule has 0 fully saturated rings. The summed E-state index contributed by atoms with van der Waals surface area (Å²) >= 11 is 9.63. The SMILES string of the molecule is CC(C)c1nc(Cc2nc3ccccc3[nH]2)nc(Cl)c1Br. The first-order valence-corrected chi connectivity index (χ1v) is 7.87. The van der Waals surface area contributed by atoms with Gasteiger partial charge in [0.05, 0.1) is 27.6 Å². The summed E-state index contributed by atoms with van der Waals surface area (Å²) in [5.41, 5.74) is 2.88. The highest BCUT2D eigenvalue weighted by molar-refractivity contribution is 9.10. The van der Waals surface area contributed by atoms with Crippen molar-refractivity contribution in [2.24, 2.45) is 0 Å². The Balaban J connectivity index is 1.97. The van der Waals surface area contributed by atoms with Gasteiger partial charge in [-0.3, -0.25) is 0 Å². The van der Waals surface area contributed by atoms with E-state index >= 15 is 0 Å². The van der Waals surface area contributed by atoms with Crippen LogP contribution in [-0.4, -0.2) is 19.9 Å². The molecule has 4 nitrogen and oxygen atoms in total. The number of benzene rings is 1. The van der Waals surface area contributed by atoms with Gasteiger partial charge in [-0.2, -0.15) is 0 Å². The lowest BCUT2D eigenvalue weighted by atomic mass is 10.1. The standard InChI is InChI=1S/C15H14BrClN4/c1-8(2)14-13(16)15(17)21-12(20-14)7-11-18-9-5-3-4-6-10(9)19-11/h3-6,8H,7H2,1-2H3,(H,18,19). The number of rotatable bonds is 3. The van der Waals surface area contributed by atoms with E-state index in [1.165, 1.54) is 0 Å². The highest BCUT2D eigenvalue weighted by Crippen LogP contribution is 2.28. The molecule has 0 bridgehead atoms. The van der Waals surface area contributed by atoms with Crippen molar-refractivity contribution in [3.63, 3.8) is 0 Å². The van der Waals surface area contributed by atoms with Gasteiger partial charge in [0.1, 0.15) is 16.8 Å². The van der Waals surface area contributed by atoms with Crippen LogP contribution < -0.4 is 0 Å². The Morgan fingerprint density at radius 3 is 2.67 bits per heavy atom. The Kier molecular flexibility index (Phi) is 3.95. The first kappa shape index (κ1) is 14.5. The number of para-hydroxylation sites is 2. The zero-order valence-electron chi connectivity index (χ0n) is 11.7. The second kappa shape index (κ2) is 5.73. The molecule has 3 aromatic rings. The Morgan fingerprint density at radius 1 is 1.19 bits per heavy atom. The van der Waals surface area contributed by atoms with Gasteiger partial charge in [-0.15, -0.1) is 0 Å². The largest absolute Gasteiger partial charge is 0.342 e. The van der Waals surface area contributed by atoms with Gasteiger partial charge in [0.25, 0.3) is 0 Å². The van der Waals surface area contributed by atoms with Crippen LogP contribution >= 0.6 is 27.5 Å². The summed E-state index contributed by atoms with van der Waals surface area (Å²) in [5.74, 6) is 1.78. The summed E-state index contributed by atoms with van der Waals surface area (Å²) in [7, 11) is 0. The Morgan fingerprint density at radius 2 is 1.95 bits per heavy atom. The zero-order valence-corrected chi connectivity index (χ0v) is 14.0. The monoisotopic (exact) mass is 364 g/mol. The van der Waals surface area contributed by atoms with Gasteiger partial charge in [-0.25, -0.2) is 15.0 Å². The lowest BCUT2D eigenvalue weighted by Crippen LogP contribution is -2.05. The van der Waals surface area contributed by atoms with Gasteiger partial charge >= 0.3 is 0 Å². The lowest BCUT2D eigenvalue weighted by Gasteiger charge is -2.10. The van der Waals surface area contributed by atoms with Crippen LogP contribution in [-0.2, 0) is 6.42 Å². The minimum atomic E-state index is 0.272. The summed E-state index contributed by atoms with van der Waals surface area (Å²) in [4.78, 5) is 16.7. The minimum Gasteiger partial charge on any atom is -0.342 e. The number of fused-ring (bicyclic) bond motifs is 1. The lowest BCUT2D eigenvalue weighted by molar-refractivity contribution is 0.778. The molecule has 0 aliphatic carbocycles. The van der Waals surface area contributed by atoms with Crippen molar-refractivity contribution >= 4 is 38.6 Å². The van der Waals surface area contributed by atoms with E-state index in [1.54, 1.807) is 0 Å². The van der Waals surface area contributed by atoms with Crippen molar-refractivity contribution in [3.8, 4) is 0 Å². The summed E-state index contributed by atoms with van der Waals surface area (Å²) in [6, 6.07) is 7.93. The van der Waals surface area contributed by atoms with E-state index in [0.29, 0.717) is 17.4 Å². The van der Waals surface area contributed by atoms with E-state index in [1.807, 2.05) is 24.3 Å². The zero-order chi connectivity index (χ0) is 15.0. The van der Waals surface area contributed by atoms with E-state index in [4.69, 9.17) is 11.6 Å². The number of hydrogen-bond acceptors (Lipinski definition) is 3.